The van der Waals surface area contributed by atoms with Crippen molar-refractivity contribution in [2.45, 2.75) is 47.5 Å². The molecule has 0 amide bonds. The molecule has 0 saturated heterocycles. The van der Waals surface area contributed by atoms with Gasteiger partial charge in [-0.1, -0.05) is 55.3 Å². The van der Waals surface area contributed by atoms with Gasteiger partial charge >= 0.3 is 0 Å². The predicted octanol–water partition coefficient (Wildman–Crippen LogP) is 3.43. The molecule has 0 atom stereocenters. The maximum absolute atomic E-state index is 12.0. The van der Waals surface area contributed by atoms with E-state index >= 15 is 0 Å². The van der Waals surface area contributed by atoms with Crippen molar-refractivity contribution in [3.8, 4) is 0 Å². The van der Waals surface area contributed by atoms with Crippen molar-refractivity contribution in [3.05, 3.63) is 46.6 Å². The van der Waals surface area contributed by atoms with Crippen LogP contribution in [0.1, 0.15) is 49.2 Å². The van der Waals surface area contributed by atoms with Gasteiger partial charge in [0.05, 0.1) is 6.42 Å². The van der Waals surface area contributed by atoms with Gasteiger partial charge < -0.3 is 4.52 Å². The summed E-state index contributed by atoms with van der Waals surface area (Å²) in [5.41, 5.74) is 3.21. The monoisotopic (exact) mass is 286 g/mol. The molecule has 0 saturated carbocycles. The lowest BCUT2D eigenvalue weighted by molar-refractivity contribution is -0.125. The van der Waals surface area contributed by atoms with Gasteiger partial charge in [-0.3, -0.25) is 4.79 Å². The molecule has 0 spiro atoms. The molecule has 0 aliphatic rings. The third-order valence-corrected chi connectivity index (χ3v) is 3.30. The molecule has 1 heterocycles. The number of aromatic nitrogens is 2. The third kappa shape index (κ3) is 4.25. The maximum atomic E-state index is 12.0. The van der Waals surface area contributed by atoms with E-state index in [0.29, 0.717) is 18.1 Å². The minimum Gasteiger partial charge on any atom is -0.339 e. The SMILES string of the molecule is Cc1cc(C)cc(Cc2noc(CC(=O)C(C)(C)C)n2)c1. The van der Waals surface area contributed by atoms with Crippen molar-refractivity contribution >= 4 is 5.78 Å². The summed E-state index contributed by atoms with van der Waals surface area (Å²) in [5.74, 6) is 1.12. The Morgan fingerprint density at radius 2 is 1.76 bits per heavy atom. The summed E-state index contributed by atoms with van der Waals surface area (Å²) in [6.45, 7) is 9.81. The highest BCUT2D eigenvalue weighted by atomic mass is 16.5. The van der Waals surface area contributed by atoms with E-state index in [4.69, 9.17) is 4.52 Å². The average molecular weight is 286 g/mol. The quantitative estimate of drug-likeness (QED) is 0.864. The zero-order valence-corrected chi connectivity index (χ0v) is 13.4. The second-order valence-electron chi connectivity index (χ2n) is 6.63. The summed E-state index contributed by atoms with van der Waals surface area (Å²) in [5, 5.41) is 3.97. The van der Waals surface area contributed by atoms with Crippen LogP contribution in [0, 0.1) is 19.3 Å². The summed E-state index contributed by atoms with van der Waals surface area (Å²) in [7, 11) is 0. The molecule has 0 radical (unpaired) electrons. The Morgan fingerprint density at radius 1 is 1.14 bits per heavy atom. The fourth-order valence-corrected chi connectivity index (χ4v) is 2.19. The van der Waals surface area contributed by atoms with Crippen LogP contribution < -0.4 is 0 Å². The van der Waals surface area contributed by atoms with Crippen LogP contribution in [0.15, 0.2) is 22.7 Å². The lowest BCUT2D eigenvalue weighted by Gasteiger charge is -2.14. The number of Topliss-reactive ketones (excluding diaryl/α,β-unsaturated/α-hetero) is 1. The first-order valence-corrected chi connectivity index (χ1v) is 7.16. The van der Waals surface area contributed by atoms with Crippen molar-refractivity contribution in [1.82, 2.24) is 10.1 Å². The van der Waals surface area contributed by atoms with Crippen LogP contribution in [0.2, 0.25) is 0 Å². The van der Waals surface area contributed by atoms with E-state index in [1.54, 1.807) is 0 Å². The molecule has 0 aliphatic heterocycles. The van der Waals surface area contributed by atoms with Gasteiger partial charge in [-0.05, 0) is 19.4 Å². The summed E-state index contributed by atoms with van der Waals surface area (Å²) >= 11 is 0. The third-order valence-electron chi connectivity index (χ3n) is 3.30. The fraction of sp³-hybridized carbons (Fsp3) is 0.471. The summed E-state index contributed by atoms with van der Waals surface area (Å²) in [6, 6.07) is 6.36. The number of hydrogen-bond acceptors (Lipinski definition) is 4. The zero-order chi connectivity index (χ0) is 15.6. The lowest BCUT2D eigenvalue weighted by atomic mass is 9.89. The van der Waals surface area contributed by atoms with Crippen molar-refractivity contribution in [2.75, 3.05) is 0 Å². The molecule has 2 rings (SSSR count). The zero-order valence-electron chi connectivity index (χ0n) is 13.4. The molecule has 4 heteroatoms. The molecule has 1 aromatic heterocycles. The minimum atomic E-state index is -0.387. The Kier molecular flexibility index (Phi) is 4.26. The highest BCUT2D eigenvalue weighted by Crippen LogP contribution is 2.18. The molecular formula is C17H22N2O2. The molecule has 2 aromatic rings. The van der Waals surface area contributed by atoms with E-state index in [9.17, 15) is 4.79 Å². The Morgan fingerprint density at radius 3 is 2.33 bits per heavy atom. The number of carbonyl (C=O) groups excluding carboxylic acids is 1. The highest BCUT2D eigenvalue weighted by molar-refractivity contribution is 5.84. The van der Waals surface area contributed by atoms with E-state index in [1.807, 2.05) is 20.8 Å². The van der Waals surface area contributed by atoms with Crippen LogP contribution in [-0.2, 0) is 17.6 Å². The van der Waals surface area contributed by atoms with E-state index in [2.05, 4.69) is 42.2 Å². The molecule has 0 bridgehead atoms. The second-order valence-corrected chi connectivity index (χ2v) is 6.63. The molecule has 112 valence electrons. The smallest absolute Gasteiger partial charge is 0.234 e. The van der Waals surface area contributed by atoms with Crippen molar-refractivity contribution in [3.63, 3.8) is 0 Å². The van der Waals surface area contributed by atoms with Gasteiger partial charge in [0.1, 0.15) is 5.78 Å². The second kappa shape index (κ2) is 5.80. The number of benzene rings is 1. The van der Waals surface area contributed by atoms with Gasteiger partial charge in [0.2, 0.25) is 5.89 Å². The maximum Gasteiger partial charge on any atom is 0.234 e. The predicted molar refractivity (Wildman–Crippen MR) is 81.2 cm³/mol. The van der Waals surface area contributed by atoms with Crippen molar-refractivity contribution in [2.24, 2.45) is 5.41 Å². The van der Waals surface area contributed by atoms with E-state index in [1.165, 1.54) is 11.1 Å². The van der Waals surface area contributed by atoms with Crippen LogP contribution in [0.5, 0.6) is 0 Å². The van der Waals surface area contributed by atoms with Crippen LogP contribution in [0.25, 0.3) is 0 Å². The molecule has 4 nitrogen and oxygen atoms in total. The Balaban J connectivity index is 2.08. The van der Waals surface area contributed by atoms with Gasteiger partial charge in [0.25, 0.3) is 0 Å². The summed E-state index contributed by atoms with van der Waals surface area (Å²) in [6.07, 6.45) is 0.819. The molecule has 0 unspecified atom stereocenters. The molecule has 0 aliphatic carbocycles. The van der Waals surface area contributed by atoms with Gasteiger partial charge in [0, 0.05) is 11.8 Å². The van der Waals surface area contributed by atoms with Gasteiger partial charge in [-0.25, -0.2) is 0 Å². The van der Waals surface area contributed by atoms with Crippen LogP contribution in [-0.4, -0.2) is 15.9 Å². The van der Waals surface area contributed by atoms with Crippen LogP contribution in [0.4, 0.5) is 0 Å². The number of rotatable bonds is 4. The molecular weight excluding hydrogens is 264 g/mol. The summed E-state index contributed by atoms with van der Waals surface area (Å²) in [4.78, 5) is 16.3. The number of aryl methyl sites for hydroxylation is 2. The van der Waals surface area contributed by atoms with Gasteiger partial charge in [0.15, 0.2) is 5.82 Å². The number of nitrogens with zero attached hydrogens (tertiary/aromatic N) is 2. The van der Waals surface area contributed by atoms with Gasteiger partial charge in [-0.2, -0.15) is 4.98 Å². The first-order chi connectivity index (χ1) is 9.74. The Hall–Kier alpha value is -1.97. The molecule has 21 heavy (non-hydrogen) atoms. The number of carbonyl (C=O) groups is 1. The van der Waals surface area contributed by atoms with E-state index in [0.717, 1.165) is 5.56 Å². The lowest BCUT2D eigenvalue weighted by Crippen LogP contribution is -2.22. The standard InChI is InChI=1S/C17H22N2O2/c1-11-6-12(2)8-13(7-11)9-15-18-16(21-19-15)10-14(20)17(3,4)5/h6-8H,9-10H2,1-5H3. The highest BCUT2D eigenvalue weighted by Gasteiger charge is 2.23. The molecule has 0 N–H and O–H groups in total. The molecule has 1 aromatic carbocycles. The normalized spacial score (nSPS) is 11.7. The van der Waals surface area contributed by atoms with E-state index < -0.39 is 0 Å². The minimum absolute atomic E-state index is 0.101. The fourth-order valence-electron chi connectivity index (χ4n) is 2.19. The van der Waals surface area contributed by atoms with Crippen LogP contribution >= 0.6 is 0 Å². The first-order valence-electron chi connectivity index (χ1n) is 7.16. The Bertz CT molecular complexity index is 631. The van der Waals surface area contributed by atoms with Crippen molar-refractivity contribution < 1.29 is 9.32 Å². The van der Waals surface area contributed by atoms with Gasteiger partial charge in [-0.15, -0.1) is 0 Å². The summed E-state index contributed by atoms with van der Waals surface area (Å²) < 4.78 is 5.18. The number of ketones is 1. The topological polar surface area (TPSA) is 56.0 Å². The van der Waals surface area contributed by atoms with Crippen LogP contribution in [0.3, 0.4) is 0 Å². The largest absolute Gasteiger partial charge is 0.339 e. The molecule has 0 fully saturated rings. The number of hydrogen-bond donors (Lipinski definition) is 0. The Labute approximate surface area is 125 Å². The average Bonchev–Trinajstić information content (AvgIpc) is 2.73. The van der Waals surface area contributed by atoms with Crippen molar-refractivity contribution in [1.29, 1.82) is 0 Å². The first kappa shape index (κ1) is 15.4. The van der Waals surface area contributed by atoms with E-state index in [-0.39, 0.29) is 17.6 Å².